The Kier molecular flexibility index (Phi) is 38.5. The standard InChI is InChI=1S/C20H16N4.C17H12N4O2.2C2H3NO.3C2H6.CH4/c1-3-8-17(9-4-1)21-15-23-19-12-7-13-20(14-19)24-16-22-18-10-5-2-6-11-18;1-12-3-5-14(7-16(12)20-10-22)18-9-19-15-6-4-13(2)17(8-15)21-11-23;2*1-3-2-4;3*1-2;/h1-15H,(H,21,23);3-8H,1-2H3;2*1H3;3*1-2H3;1H4. The van der Waals surface area contributed by atoms with Crippen molar-refractivity contribution in [2.24, 2.45) is 44.9 Å². The van der Waals surface area contributed by atoms with Gasteiger partial charge in [-0.3, -0.25) is 0 Å². The van der Waals surface area contributed by atoms with E-state index in [-0.39, 0.29) is 7.43 Å². The number of nitrogens with one attached hydrogen (secondary N) is 1. The fraction of sp³-hybridized carbons (Fsp3) is 0.229. The molecule has 0 atom stereocenters. The van der Waals surface area contributed by atoms with Gasteiger partial charge in [-0.1, -0.05) is 104 Å². The van der Waals surface area contributed by atoms with E-state index in [9.17, 15) is 9.59 Å². The highest BCUT2D eigenvalue weighted by molar-refractivity contribution is 5.79. The third-order valence-corrected chi connectivity index (χ3v) is 6.42. The summed E-state index contributed by atoms with van der Waals surface area (Å²) in [6.07, 6.45) is 7.28. The number of para-hydroxylation sites is 2. The van der Waals surface area contributed by atoms with Crippen LogP contribution >= 0.6 is 0 Å². The Balaban J connectivity index is -0.000000857. The molecule has 322 valence electrons. The summed E-state index contributed by atoms with van der Waals surface area (Å²) in [5.74, 6) is 0. The minimum atomic E-state index is 0. The molecule has 0 saturated heterocycles. The first-order chi connectivity index (χ1) is 29.9. The van der Waals surface area contributed by atoms with Gasteiger partial charge in [0.2, 0.25) is 24.3 Å². The molecule has 5 aromatic carbocycles. The predicted octanol–water partition coefficient (Wildman–Crippen LogP) is 13.6. The highest BCUT2D eigenvalue weighted by Gasteiger charge is 1.99. The minimum absolute atomic E-state index is 0. The summed E-state index contributed by atoms with van der Waals surface area (Å²) in [6, 6.07) is 42.7. The van der Waals surface area contributed by atoms with E-state index in [1.54, 1.807) is 42.7 Å². The van der Waals surface area contributed by atoms with Gasteiger partial charge in [-0.05, 0) is 91.7 Å². The van der Waals surface area contributed by atoms with Crippen molar-refractivity contribution in [2.45, 2.75) is 62.8 Å². The molecule has 62 heavy (non-hydrogen) atoms. The molecule has 14 heteroatoms. The van der Waals surface area contributed by atoms with Crippen LogP contribution in [0.15, 0.2) is 166 Å². The van der Waals surface area contributed by atoms with Crippen LogP contribution in [0.4, 0.5) is 45.5 Å². The molecule has 0 aliphatic rings. The van der Waals surface area contributed by atoms with Crippen LogP contribution in [-0.4, -0.2) is 56.8 Å². The zero-order valence-corrected chi connectivity index (χ0v) is 36.3. The second-order valence-electron chi connectivity index (χ2n) is 10.2. The quantitative estimate of drug-likeness (QED) is 0.0875. The second-order valence-corrected chi connectivity index (χ2v) is 10.2. The zero-order chi connectivity index (χ0) is 45.9. The number of anilines is 1. The van der Waals surface area contributed by atoms with E-state index in [0.717, 1.165) is 33.9 Å². The SMILES string of the molecule is C.C(=Nc1ccccc1)=Nc1cccc(NC=Nc2ccccc2)c1.CC.CC.CC.CN=C=O.CN=C=O.Cc1ccc(N=C=Nc2ccc(C)c(N=C=O)c2)cc1N=C=O. The van der Waals surface area contributed by atoms with Crippen molar-refractivity contribution in [3.8, 4) is 0 Å². The molecular weight excluding hydrogens is 781 g/mol. The summed E-state index contributed by atoms with van der Waals surface area (Å²) in [7, 11) is 2.76. The molecule has 14 nitrogen and oxygen atoms in total. The Morgan fingerprint density at radius 3 is 1.21 bits per heavy atom. The molecule has 0 heterocycles. The largest absolute Gasteiger partial charge is 0.346 e. The molecule has 0 aromatic heterocycles. The Morgan fingerprint density at radius 1 is 0.435 bits per heavy atom. The predicted molar refractivity (Wildman–Crippen MR) is 256 cm³/mol. The molecule has 0 bridgehead atoms. The molecular formula is C48H56N10O4. The average Bonchev–Trinajstić information content (AvgIpc) is 3.32. The molecule has 1 N–H and O–H groups in total. The van der Waals surface area contributed by atoms with Crippen LogP contribution in [0.3, 0.4) is 0 Å². The maximum absolute atomic E-state index is 10.4. The van der Waals surface area contributed by atoms with Crippen LogP contribution in [-0.2, 0) is 19.2 Å². The molecule has 0 saturated carbocycles. The van der Waals surface area contributed by atoms with E-state index in [2.05, 4.69) is 62.3 Å². The number of carbonyl (C=O) groups excluding carboxylic acids is 4. The number of aryl methyl sites for hydroxylation is 2. The van der Waals surface area contributed by atoms with Crippen LogP contribution in [0, 0.1) is 13.8 Å². The first kappa shape index (κ1) is 58.2. The Labute approximate surface area is 366 Å². The molecule has 0 spiro atoms. The van der Waals surface area contributed by atoms with Gasteiger partial charge in [0.1, 0.15) is 12.0 Å². The van der Waals surface area contributed by atoms with Gasteiger partial charge in [-0.25, -0.2) is 34.2 Å². The number of hydrogen-bond donors (Lipinski definition) is 1. The first-order valence-electron chi connectivity index (χ1n) is 19.0. The van der Waals surface area contributed by atoms with E-state index in [0.29, 0.717) is 22.7 Å². The van der Waals surface area contributed by atoms with Crippen molar-refractivity contribution in [1.82, 2.24) is 0 Å². The van der Waals surface area contributed by atoms with E-state index >= 15 is 0 Å². The van der Waals surface area contributed by atoms with Crippen molar-refractivity contribution in [3.05, 3.63) is 132 Å². The summed E-state index contributed by atoms with van der Waals surface area (Å²) in [4.78, 5) is 72.4. The molecule has 5 aromatic rings. The highest BCUT2D eigenvalue weighted by Crippen LogP contribution is 2.26. The van der Waals surface area contributed by atoms with E-state index in [4.69, 9.17) is 9.59 Å². The first-order valence-corrected chi connectivity index (χ1v) is 19.0. The van der Waals surface area contributed by atoms with Crippen molar-refractivity contribution < 1.29 is 19.2 Å². The number of benzene rings is 5. The summed E-state index contributed by atoms with van der Waals surface area (Å²) in [6.45, 7) is 15.7. The maximum Gasteiger partial charge on any atom is 0.240 e. The fourth-order valence-electron chi connectivity index (χ4n) is 3.82. The molecule has 0 amide bonds. The Hall–Kier alpha value is -8.15. The minimum Gasteiger partial charge on any atom is -0.346 e. The van der Waals surface area contributed by atoms with Gasteiger partial charge in [0.25, 0.3) is 0 Å². The fourth-order valence-corrected chi connectivity index (χ4v) is 3.82. The normalized spacial score (nSPS) is 8.16. The number of aliphatic imine (C=N–C) groups is 9. The van der Waals surface area contributed by atoms with Crippen LogP contribution in [0.25, 0.3) is 0 Å². The Morgan fingerprint density at radius 2 is 0.806 bits per heavy atom. The van der Waals surface area contributed by atoms with Gasteiger partial charge in [0.05, 0.1) is 46.2 Å². The average molecular weight is 837 g/mol. The van der Waals surface area contributed by atoms with Crippen molar-refractivity contribution in [3.63, 3.8) is 0 Å². The lowest BCUT2D eigenvalue weighted by Gasteiger charge is -2.00. The third kappa shape index (κ3) is 27.5. The molecule has 0 fully saturated rings. The van der Waals surface area contributed by atoms with Gasteiger partial charge in [0.15, 0.2) is 0 Å². The lowest BCUT2D eigenvalue weighted by molar-refractivity contribution is 0.564. The van der Waals surface area contributed by atoms with Crippen LogP contribution < -0.4 is 5.32 Å². The highest BCUT2D eigenvalue weighted by atomic mass is 16.1. The maximum atomic E-state index is 10.4. The summed E-state index contributed by atoms with van der Waals surface area (Å²) >= 11 is 0. The lowest BCUT2D eigenvalue weighted by Crippen LogP contribution is -1.93. The molecule has 0 radical (unpaired) electrons. The van der Waals surface area contributed by atoms with Crippen molar-refractivity contribution in [1.29, 1.82) is 0 Å². The summed E-state index contributed by atoms with van der Waals surface area (Å²) in [5.41, 5.74) is 7.21. The summed E-state index contributed by atoms with van der Waals surface area (Å²) in [5, 5.41) is 3.13. The van der Waals surface area contributed by atoms with Crippen LogP contribution in [0.2, 0.25) is 0 Å². The van der Waals surface area contributed by atoms with Crippen molar-refractivity contribution >= 4 is 88.2 Å². The number of nitrogens with zero attached hydrogens (tertiary/aromatic N) is 9. The van der Waals surface area contributed by atoms with Gasteiger partial charge in [-0.15, -0.1) is 0 Å². The number of rotatable bonds is 9. The second kappa shape index (κ2) is 41.0. The molecule has 0 unspecified atom stereocenters. The zero-order valence-electron chi connectivity index (χ0n) is 36.3. The topological polar surface area (TPSA) is 192 Å². The number of hydrogen-bond acceptors (Lipinski definition) is 13. The smallest absolute Gasteiger partial charge is 0.240 e. The van der Waals surface area contributed by atoms with Crippen LogP contribution in [0.1, 0.15) is 60.1 Å². The van der Waals surface area contributed by atoms with Gasteiger partial charge in [-0.2, -0.15) is 30.0 Å². The number of isocyanates is 4. The third-order valence-electron chi connectivity index (χ3n) is 6.42. The van der Waals surface area contributed by atoms with Gasteiger partial charge >= 0.3 is 0 Å². The van der Waals surface area contributed by atoms with Gasteiger partial charge < -0.3 is 5.32 Å². The van der Waals surface area contributed by atoms with E-state index in [1.165, 1.54) is 38.4 Å². The lowest BCUT2D eigenvalue weighted by atomic mass is 10.2. The molecule has 5 rings (SSSR count). The molecule has 0 aliphatic heterocycles. The molecule has 0 aliphatic carbocycles. The van der Waals surface area contributed by atoms with E-state index in [1.807, 2.05) is 140 Å². The van der Waals surface area contributed by atoms with Crippen LogP contribution in [0.5, 0.6) is 0 Å². The monoisotopic (exact) mass is 836 g/mol. The van der Waals surface area contributed by atoms with Crippen molar-refractivity contribution in [2.75, 3.05) is 19.4 Å². The van der Waals surface area contributed by atoms with Gasteiger partial charge in [0, 0.05) is 19.8 Å². The Bertz CT molecular complexity index is 2260. The summed E-state index contributed by atoms with van der Waals surface area (Å²) < 4.78 is 0. The van der Waals surface area contributed by atoms with E-state index < -0.39 is 0 Å².